The summed E-state index contributed by atoms with van der Waals surface area (Å²) < 4.78 is 0. The van der Waals surface area contributed by atoms with Crippen LogP contribution in [0.2, 0.25) is 0 Å². The zero-order chi connectivity index (χ0) is 13.7. The molecule has 3 rings (SSSR count). The van der Waals surface area contributed by atoms with Gasteiger partial charge in [0.05, 0.1) is 5.52 Å². The van der Waals surface area contributed by atoms with Crippen LogP contribution in [-0.2, 0) is 0 Å². The molecule has 1 saturated heterocycles. The van der Waals surface area contributed by atoms with Gasteiger partial charge >= 0.3 is 0 Å². The van der Waals surface area contributed by atoms with Crippen molar-refractivity contribution in [2.45, 2.75) is 33.6 Å². The summed E-state index contributed by atoms with van der Waals surface area (Å²) in [6.07, 6.45) is 4.42. The summed E-state index contributed by atoms with van der Waals surface area (Å²) in [4.78, 5) is 11.4. The molecule has 1 aromatic heterocycles. The molecule has 0 unspecified atom stereocenters. The van der Waals surface area contributed by atoms with Gasteiger partial charge in [0.15, 0.2) is 0 Å². The van der Waals surface area contributed by atoms with E-state index in [-0.39, 0.29) is 0 Å². The highest BCUT2D eigenvalue weighted by Crippen LogP contribution is 2.21. The van der Waals surface area contributed by atoms with Crippen LogP contribution in [0.5, 0.6) is 0 Å². The van der Waals surface area contributed by atoms with E-state index >= 15 is 0 Å². The standard InChI is InChI=1S/C14H17N3.C2H6/c1-11-6-8-17(9-7-11)14-15-10-12-4-2-3-5-13(12)16-14;1-2/h2-5,10-11H,6-9H2,1H3;1-2H3. The van der Waals surface area contributed by atoms with Crippen molar-refractivity contribution in [3.63, 3.8) is 0 Å². The Hall–Kier alpha value is -1.64. The minimum Gasteiger partial charge on any atom is -0.341 e. The smallest absolute Gasteiger partial charge is 0.225 e. The van der Waals surface area contributed by atoms with E-state index < -0.39 is 0 Å². The van der Waals surface area contributed by atoms with Crippen molar-refractivity contribution in [1.29, 1.82) is 0 Å². The highest BCUT2D eigenvalue weighted by atomic mass is 15.2. The lowest BCUT2D eigenvalue weighted by atomic mass is 10.00. The monoisotopic (exact) mass is 257 g/mol. The SMILES string of the molecule is CC.CC1CCN(c2ncc3ccccc3n2)CC1. The second-order valence-corrected chi connectivity index (χ2v) is 4.90. The number of nitrogens with zero attached hydrogens (tertiary/aromatic N) is 3. The highest BCUT2D eigenvalue weighted by molar-refractivity contribution is 5.78. The summed E-state index contributed by atoms with van der Waals surface area (Å²) in [6, 6.07) is 8.15. The molecule has 3 heteroatoms. The molecule has 0 amide bonds. The lowest BCUT2D eigenvalue weighted by Gasteiger charge is -2.30. The summed E-state index contributed by atoms with van der Waals surface area (Å²) in [5.41, 5.74) is 1.04. The average molecular weight is 257 g/mol. The number of anilines is 1. The zero-order valence-electron chi connectivity index (χ0n) is 12.1. The van der Waals surface area contributed by atoms with Gasteiger partial charge in [-0.25, -0.2) is 9.97 Å². The number of hydrogen-bond donors (Lipinski definition) is 0. The van der Waals surface area contributed by atoms with Gasteiger partial charge in [0.1, 0.15) is 0 Å². The van der Waals surface area contributed by atoms with Crippen LogP contribution >= 0.6 is 0 Å². The van der Waals surface area contributed by atoms with Crippen LogP contribution in [0.25, 0.3) is 10.9 Å². The first-order valence-electron chi connectivity index (χ1n) is 7.29. The molecule has 0 spiro atoms. The van der Waals surface area contributed by atoms with Gasteiger partial charge < -0.3 is 4.90 Å². The number of rotatable bonds is 1. The Morgan fingerprint density at radius 3 is 2.53 bits per heavy atom. The van der Waals surface area contributed by atoms with Gasteiger partial charge in [-0.2, -0.15) is 0 Å². The second-order valence-electron chi connectivity index (χ2n) is 4.90. The zero-order valence-corrected chi connectivity index (χ0v) is 12.1. The third-order valence-corrected chi connectivity index (χ3v) is 3.54. The first-order chi connectivity index (χ1) is 9.33. The number of aromatic nitrogens is 2. The largest absolute Gasteiger partial charge is 0.341 e. The number of benzene rings is 1. The fourth-order valence-corrected chi connectivity index (χ4v) is 2.32. The van der Waals surface area contributed by atoms with Crippen LogP contribution in [0.1, 0.15) is 33.6 Å². The Morgan fingerprint density at radius 1 is 1.11 bits per heavy atom. The molecule has 1 aromatic carbocycles. The summed E-state index contributed by atoms with van der Waals surface area (Å²) >= 11 is 0. The Balaban J connectivity index is 0.000000637. The van der Waals surface area contributed by atoms with Gasteiger partial charge in [0, 0.05) is 24.7 Å². The third-order valence-electron chi connectivity index (χ3n) is 3.54. The Morgan fingerprint density at radius 2 is 1.79 bits per heavy atom. The molecule has 1 aliphatic heterocycles. The fraction of sp³-hybridized carbons (Fsp3) is 0.500. The molecule has 3 nitrogen and oxygen atoms in total. The lowest BCUT2D eigenvalue weighted by molar-refractivity contribution is 0.434. The van der Waals surface area contributed by atoms with Gasteiger partial charge in [0.25, 0.3) is 0 Å². The predicted octanol–water partition coefficient (Wildman–Crippen LogP) is 3.89. The van der Waals surface area contributed by atoms with Crippen molar-refractivity contribution < 1.29 is 0 Å². The fourth-order valence-electron chi connectivity index (χ4n) is 2.32. The predicted molar refractivity (Wildman–Crippen MR) is 81.5 cm³/mol. The van der Waals surface area contributed by atoms with Crippen molar-refractivity contribution in [3.8, 4) is 0 Å². The van der Waals surface area contributed by atoms with Gasteiger partial charge in [-0.3, -0.25) is 0 Å². The molecular weight excluding hydrogens is 234 g/mol. The van der Waals surface area contributed by atoms with Crippen molar-refractivity contribution in [2.24, 2.45) is 5.92 Å². The molecule has 0 atom stereocenters. The first kappa shape index (κ1) is 13.8. The van der Waals surface area contributed by atoms with Crippen LogP contribution in [-0.4, -0.2) is 23.1 Å². The van der Waals surface area contributed by atoms with Crippen LogP contribution in [0.15, 0.2) is 30.5 Å². The van der Waals surface area contributed by atoms with Crippen molar-refractivity contribution in [2.75, 3.05) is 18.0 Å². The van der Waals surface area contributed by atoms with Crippen LogP contribution in [0.4, 0.5) is 5.95 Å². The van der Waals surface area contributed by atoms with Gasteiger partial charge in [-0.05, 0) is 24.8 Å². The van der Waals surface area contributed by atoms with E-state index in [0.29, 0.717) is 0 Å². The molecule has 0 N–H and O–H groups in total. The summed E-state index contributed by atoms with van der Waals surface area (Å²) in [5, 5.41) is 1.11. The number of hydrogen-bond acceptors (Lipinski definition) is 3. The van der Waals surface area contributed by atoms with E-state index in [1.807, 2.05) is 38.2 Å². The quantitative estimate of drug-likeness (QED) is 0.776. The summed E-state index contributed by atoms with van der Waals surface area (Å²) in [6.45, 7) is 8.48. The first-order valence-corrected chi connectivity index (χ1v) is 7.29. The number of piperidine rings is 1. The van der Waals surface area contributed by atoms with Crippen molar-refractivity contribution >= 4 is 16.9 Å². The Kier molecular flexibility index (Phi) is 4.72. The third kappa shape index (κ3) is 3.22. The van der Waals surface area contributed by atoms with E-state index in [0.717, 1.165) is 35.9 Å². The number of fused-ring (bicyclic) bond motifs is 1. The molecular formula is C16H23N3. The summed E-state index contributed by atoms with van der Waals surface area (Å²) in [5.74, 6) is 1.72. The summed E-state index contributed by atoms with van der Waals surface area (Å²) in [7, 11) is 0. The highest BCUT2D eigenvalue weighted by Gasteiger charge is 2.17. The van der Waals surface area contributed by atoms with E-state index in [2.05, 4.69) is 27.9 Å². The van der Waals surface area contributed by atoms with E-state index in [1.165, 1.54) is 12.8 Å². The molecule has 0 aliphatic carbocycles. The molecule has 2 heterocycles. The normalized spacial score (nSPS) is 16.1. The van der Waals surface area contributed by atoms with Crippen molar-refractivity contribution in [1.82, 2.24) is 9.97 Å². The van der Waals surface area contributed by atoms with E-state index in [9.17, 15) is 0 Å². The van der Waals surface area contributed by atoms with Gasteiger partial charge in [-0.15, -0.1) is 0 Å². The van der Waals surface area contributed by atoms with E-state index in [1.54, 1.807) is 0 Å². The lowest BCUT2D eigenvalue weighted by Crippen LogP contribution is -2.34. The minimum absolute atomic E-state index is 0.840. The Bertz CT molecular complexity index is 516. The molecule has 1 fully saturated rings. The maximum atomic E-state index is 4.64. The molecule has 102 valence electrons. The van der Waals surface area contributed by atoms with E-state index in [4.69, 9.17) is 0 Å². The van der Waals surface area contributed by atoms with Gasteiger partial charge in [0.2, 0.25) is 5.95 Å². The molecule has 0 bridgehead atoms. The maximum absolute atomic E-state index is 4.64. The second kappa shape index (κ2) is 6.50. The van der Waals surface area contributed by atoms with Gasteiger partial charge in [-0.1, -0.05) is 39.0 Å². The molecule has 0 saturated carbocycles. The molecule has 2 aromatic rings. The topological polar surface area (TPSA) is 29.0 Å². The molecule has 0 radical (unpaired) electrons. The minimum atomic E-state index is 0.840. The number of para-hydroxylation sites is 1. The van der Waals surface area contributed by atoms with Crippen molar-refractivity contribution in [3.05, 3.63) is 30.5 Å². The Labute approximate surface area is 115 Å². The average Bonchev–Trinajstić information content (AvgIpc) is 2.49. The van der Waals surface area contributed by atoms with Crippen LogP contribution in [0.3, 0.4) is 0 Å². The van der Waals surface area contributed by atoms with Crippen LogP contribution < -0.4 is 4.90 Å². The van der Waals surface area contributed by atoms with Crippen LogP contribution in [0, 0.1) is 5.92 Å². The maximum Gasteiger partial charge on any atom is 0.225 e. The molecule has 19 heavy (non-hydrogen) atoms. The molecule has 1 aliphatic rings.